The van der Waals surface area contributed by atoms with Crippen molar-refractivity contribution >= 4 is 17.7 Å². The van der Waals surface area contributed by atoms with E-state index in [1.165, 1.54) is 40.7 Å². The Morgan fingerprint density at radius 3 is 2.47 bits per heavy atom. The fourth-order valence-corrected chi connectivity index (χ4v) is 5.48. The van der Waals surface area contributed by atoms with E-state index in [4.69, 9.17) is 0 Å². The minimum absolute atomic E-state index is 0.0468. The lowest BCUT2D eigenvalue weighted by atomic mass is 9.77. The van der Waals surface area contributed by atoms with Gasteiger partial charge in [-0.2, -0.15) is 0 Å². The first kappa shape index (κ1) is 24.0. The van der Waals surface area contributed by atoms with Crippen LogP contribution in [0, 0.1) is 11.7 Å². The quantitative estimate of drug-likeness (QED) is 0.568. The summed E-state index contributed by atoms with van der Waals surface area (Å²) >= 11 is 0. The van der Waals surface area contributed by atoms with Gasteiger partial charge in [-0.25, -0.2) is 9.37 Å². The average molecular weight is 498 g/mol. The van der Waals surface area contributed by atoms with Gasteiger partial charge in [0.15, 0.2) is 5.69 Å². The number of amides is 3. The first-order valence-corrected chi connectivity index (χ1v) is 12.1. The Bertz CT molecular complexity index is 1280. The van der Waals surface area contributed by atoms with Crippen molar-refractivity contribution in [3.05, 3.63) is 57.5 Å². The summed E-state index contributed by atoms with van der Waals surface area (Å²) in [7, 11) is 0. The second kappa shape index (κ2) is 9.03. The van der Waals surface area contributed by atoms with Crippen molar-refractivity contribution < 1.29 is 23.9 Å². The number of benzene rings is 1. The molecule has 0 spiro atoms. The molecular weight excluding hydrogens is 469 g/mol. The Labute approximate surface area is 206 Å². The van der Waals surface area contributed by atoms with E-state index in [1.807, 2.05) is 0 Å². The van der Waals surface area contributed by atoms with Crippen molar-refractivity contribution in [1.29, 1.82) is 0 Å². The maximum atomic E-state index is 13.2. The Balaban J connectivity index is 1.46. The highest BCUT2D eigenvalue weighted by molar-refractivity contribution is 5.94. The highest BCUT2D eigenvalue weighted by Gasteiger charge is 2.48. The molecule has 3 N–H and O–H groups in total. The molecule has 2 fully saturated rings. The van der Waals surface area contributed by atoms with Gasteiger partial charge in [-0.15, -0.1) is 0 Å². The summed E-state index contributed by atoms with van der Waals surface area (Å²) in [5.74, 6) is -1.96. The van der Waals surface area contributed by atoms with E-state index in [0.717, 1.165) is 12.8 Å². The van der Waals surface area contributed by atoms with Crippen molar-refractivity contribution in [1.82, 2.24) is 25.1 Å². The van der Waals surface area contributed by atoms with Gasteiger partial charge >= 0.3 is 0 Å². The molecule has 6 rings (SSSR count). The molecule has 1 aromatic carbocycles. The Morgan fingerprint density at radius 2 is 1.86 bits per heavy atom. The number of likely N-dealkylation sites (tertiary alicyclic amines) is 1. The monoisotopic (exact) mass is 497 g/mol. The standard InChI is InChI=1S/C25H28FN5O5/c1-14(32)30-11-8-18(30)21(34)29-25-9-6-16(7-10-25)13-31-23(36)20(33)19(28-24(25)31)22(35)27-12-15-2-4-17(26)5-3-15/h2-5,16,18,33H,6-13H2,1H3,(H,27,35)(H,29,34). The normalized spacial score (nSPS) is 24.3. The summed E-state index contributed by atoms with van der Waals surface area (Å²) in [5, 5.41) is 16.3. The summed E-state index contributed by atoms with van der Waals surface area (Å²) in [5.41, 5.74) is -1.50. The van der Waals surface area contributed by atoms with Crippen molar-refractivity contribution in [2.24, 2.45) is 5.92 Å². The first-order valence-electron chi connectivity index (χ1n) is 12.1. The molecular formula is C25H28FN5O5. The molecule has 2 bridgehead atoms. The Morgan fingerprint density at radius 1 is 1.17 bits per heavy atom. The SMILES string of the molecule is CC(=O)N1CCC1C(=O)NC12CCC(CC1)Cn1c2nc(C(=O)NCc2ccc(F)cc2)c(O)c1=O. The van der Waals surface area contributed by atoms with Crippen LogP contribution in [0.5, 0.6) is 5.75 Å². The van der Waals surface area contributed by atoms with Crippen molar-refractivity contribution in [2.45, 2.75) is 63.7 Å². The smallest absolute Gasteiger partial charge is 0.296 e. The summed E-state index contributed by atoms with van der Waals surface area (Å²) < 4.78 is 14.5. The number of aromatic nitrogens is 2. The van der Waals surface area contributed by atoms with Gasteiger partial charge in [-0.1, -0.05) is 12.1 Å². The number of fused-ring (bicyclic) bond motifs is 2. The van der Waals surface area contributed by atoms with E-state index >= 15 is 0 Å². The van der Waals surface area contributed by atoms with Gasteiger partial charge in [-0.3, -0.25) is 23.7 Å². The minimum Gasteiger partial charge on any atom is -0.501 e. The number of hydrogen-bond donors (Lipinski definition) is 3. The van der Waals surface area contributed by atoms with Crippen LogP contribution in [0.25, 0.3) is 0 Å². The summed E-state index contributed by atoms with van der Waals surface area (Å²) in [6, 6.07) is 4.99. The molecule has 2 aromatic rings. The molecule has 1 saturated heterocycles. The molecule has 10 nitrogen and oxygen atoms in total. The van der Waals surface area contributed by atoms with Crippen LogP contribution in [0.2, 0.25) is 0 Å². The molecule has 3 amide bonds. The van der Waals surface area contributed by atoms with E-state index < -0.39 is 40.3 Å². The summed E-state index contributed by atoms with van der Waals surface area (Å²) in [6.07, 6.45) is 3.11. The molecule has 1 aliphatic carbocycles. The van der Waals surface area contributed by atoms with Gasteiger partial charge in [-0.05, 0) is 55.7 Å². The lowest BCUT2D eigenvalue weighted by Crippen LogP contribution is -2.61. The number of carbonyl (C=O) groups excluding carboxylic acids is 3. The number of halogens is 1. The third-order valence-electron chi connectivity index (χ3n) is 7.64. The summed E-state index contributed by atoms with van der Waals surface area (Å²) in [6.45, 7) is 2.33. The molecule has 190 valence electrons. The Kier molecular flexibility index (Phi) is 6.01. The lowest BCUT2D eigenvalue weighted by Gasteiger charge is -2.43. The number of carbonyl (C=O) groups is 3. The van der Waals surface area contributed by atoms with Gasteiger partial charge in [0.2, 0.25) is 17.6 Å². The van der Waals surface area contributed by atoms with Gasteiger partial charge in [0.25, 0.3) is 11.5 Å². The maximum absolute atomic E-state index is 13.2. The van der Waals surface area contributed by atoms with Gasteiger partial charge in [0.1, 0.15) is 17.7 Å². The van der Waals surface area contributed by atoms with Crippen LogP contribution in [0.3, 0.4) is 0 Å². The largest absolute Gasteiger partial charge is 0.501 e. The molecule has 1 unspecified atom stereocenters. The molecule has 1 atom stereocenters. The molecule has 1 saturated carbocycles. The zero-order valence-electron chi connectivity index (χ0n) is 19.9. The number of rotatable bonds is 5. The zero-order chi connectivity index (χ0) is 25.6. The minimum atomic E-state index is -0.985. The molecule has 1 aromatic heterocycles. The number of nitrogens with one attached hydrogen (secondary N) is 2. The molecule has 4 heterocycles. The topological polar surface area (TPSA) is 134 Å². The Hall–Kier alpha value is -3.76. The number of nitrogens with zero attached hydrogens (tertiary/aromatic N) is 3. The highest BCUT2D eigenvalue weighted by Crippen LogP contribution is 2.43. The predicted molar refractivity (Wildman–Crippen MR) is 125 cm³/mol. The van der Waals surface area contributed by atoms with E-state index in [1.54, 1.807) is 0 Å². The van der Waals surface area contributed by atoms with Crippen LogP contribution in [-0.4, -0.2) is 49.9 Å². The molecule has 4 aliphatic rings. The molecule has 3 aliphatic heterocycles. The second-order valence-corrected chi connectivity index (χ2v) is 9.89. The predicted octanol–water partition coefficient (Wildman–Crippen LogP) is 1.15. The third-order valence-corrected chi connectivity index (χ3v) is 7.64. The molecule has 36 heavy (non-hydrogen) atoms. The zero-order valence-corrected chi connectivity index (χ0v) is 19.9. The van der Waals surface area contributed by atoms with Crippen LogP contribution in [0.1, 0.15) is 60.9 Å². The van der Waals surface area contributed by atoms with Crippen LogP contribution in [0.4, 0.5) is 4.39 Å². The van der Waals surface area contributed by atoms with Crippen LogP contribution < -0.4 is 16.2 Å². The van der Waals surface area contributed by atoms with Crippen molar-refractivity contribution in [3.63, 3.8) is 0 Å². The van der Waals surface area contributed by atoms with Gasteiger partial charge in [0.05, 0.1) is 5.54 Å². The molecule has 0 radical (unpaired) electrons. The maximum Gasteiger partial charge on any atom is 0.296 e. The van der Waals surface area contributed by atoms with Crippen LogP contribution in [0.15, 0.2) is 29.1 Å². The van der Waals surface area contributed by atoms with E-state index in [-0.39, 0.29) is 30.1 Å². The lowest BCUT2D eigenvalue weighted by molar-refractivity contribution is -0.147. The second-order valence-electron chi connectivity index (χ2n) is 9.89. The number of hydrogen-bond acceptors (Lipinski definition) is 6. The first-order chi connectivity index (χ1) is 17.2. The third kappa shape index (κ3) is 4.12. The summed E-state index contributed by atoms with van der Waals surface area (Å²) in [4.78, 5) is 57.1. The van der Waals surface area contributed by atoms with Gasteiger partial charge in [0, 0.05) is 26.6 Å². The van der Waals surface area contributed by atoms with Crippen molar-refractivity contribution in [3.8, 4) is 5.75 Å². The average Bonchev–Trinajstić information content (AvgIpc) is 3.05. The van der Waals surface area contributed by atoms with Crippen LogP contribution in [-0.2, 0) is 28.2 Å². The molecule has 11 heteroatoms. The van der Waals surface area contributed by atoms with Crippen molar-refractivity contribution in [2.75, 3.05) is 6.54 Å². The van der Waals surface area contributed by atoms with E-state index in [2.05, 4.69) is 15.6 Å². The van der Waals surface area contributed by atoms with E-state index in [0.29, 0.717) is 37.9 Å². The van der Waals surface area contributed by atoms with E-state index in [9.17, 15) is 28.7 Å². The fraction of sp³-hybridized carbons (Fsp3) is 0.480. The van der Waals surface area contributed by atoms with Gasteiger partial charge < -0.3 is 20.6 Å². The highest BCUT2D eigenvalue weighted by atomic mass is 19.1. The van der Waals surface area contributed by atoms with Crippen LogP contribution >= 0.6 is 0 Å². The fourth-order valence-electron chi connectivity index (χ4n) is 5.48. The number of aromatic hydroxyl groups is 1.